The fraction of sp³-hybridized carbons (Fsp3) is 0.267. The van der Waals surface area contributed by atoms with Gasteiger partial charge in [-0.2, -0.15) is 10.2 Å². The summed E-state index contributed by atoms with van der Waals surface area (Å²) in [5.41, 5.74) is 2.15. The van der Waals surface area contributed by atoms with Crippen LogP contribution in [0.5, 0.6) is 5.75 Å². The van der Waals surface area contributed by atoms with Crippen LogP contribution in [0, 0.1) is 0 Å². The van der Waals surface area contributed by atoms with Crippen LogP contribution in [0.1, 0.15) is 10.4 Å². The zero-order valence-corrected chi connectivity index (χ0v) is 11.6. The maximum Gasteiger partial charge on any atom is 0.150 e. The summed E-state index contributed by atoms with van der Waals surface area (Å²) in [6, 6.07) is 9.06. The molecule has 104 valence electrons. The first-order chi connectivity index (χ1) is 9.69. The van der Waals surface area contributed by atoms with Gasteiger partial charge in [-0.15, -0.1) is 0 Å². The third kappa shape index (κ3) is 3.86. The summed E-state index contributed by atoms with van der Waals surface area (Å²) >= 11 is 0. The second kappa shape index (κ2) is 6.77. The number of benzene rings is 1. The van der Waals surface area contributed by atoms with Crippen LogP contribution in [0.3, 0.4) is 0 Å². The number of carbonyl (C=O) groups is 1. The molecule has 1 aromatic carbocycles. The highest BCUT2D eigenvalue weighted by Gasteiger charge is 2.04. The minimum atomic E-state index is 0.590. The summed E-state index contributed by atoms with van der Waals surface area (Å²) in [6.07, 6.45) is 2.40. The third-order valence-electron chi connectivity index (χ3n) is 2.76. The van der Waals surface area contributed by atoms with Crippen LogP contribution in [0.4, 0.5) is 0 Å². The van der Waals surface area contributed by atoms with Crippen LogP contribution in [0.25, 0.3) is 11.3 Å². The van der Waals surface area contributed by atoms with Crippen molar-refractivity contribution in [1.29, 1.82) is 0 Å². The second-order valence-corrected chi connectivity index (χ2v) is 4.67. The summed E-state index contributed by atoms with van der Waals surface area (Å²) < 4.78 is 5.62. The smallest absolute Gasteiger partial charge is 0.150 e. The molecule has 0 fully saturated rings. The lowest BCUT2D eigenvalue weighted by Crippen LogP contribution is -2.19. The molecule has 0 aliphatic carbocycles. The van der Waals surface area contributed by atoms with Crippen LogP contribution in [0.15, 0.2) is 36.5 Å². The van der Waals surface area contributed by atoms with E-state index in [1.165, 1.54) is 0 Å². The van der Waals surface area contributed by atoms with Crippen molar-refractivity contribution in [2.24, 2.45) is 0 Å². The molecule has 0 aliphatic heterocycles. The van der Waals surface area contributed by atoms with Crippen molar-refractivity contribution in [3.8, 4) is 17.0 Å². The Morgan fingerprint density at radius 3 is 2.90 bits per heavy atom. The molecular formula is C15H17N3O2. The van der Waals surface area contributed by atoms with Gasteiger partial charge >= 0.3 is 0 Å². The zero-order chi connectivity index (χ0) is 14.4. The van der Waals surface area contributed by atoms with Crippen LogP contribution >= 0.6 is 0 Å². The van der Waals surface area contributed by atoms with Gasteiger partial charge < -0.3 is 9.64 Å². The van der Waals surface area contributed by atoms with Crippen LogP contribution in [-0.2, 0) is 0 Å². The van der Waals surface area contributed by atoms with Gasteiger partial charge in [-0.05, 0) is 20.2 Å². The molecule has 0 bridgehead atoms. The summed E-state index contributed by atoms with van der Waals surface area (Å²) in [4.78, 5) is 12.8. The van der Waals surface area contributed by atoms with E-state index in [1.54, 1.807) is 18.3 Å². The van der Waals surface area contributed by atoms with E-state index in [1.807, 2.05) is 37.2 Å². The van der Waals surface area contributed by atoms with Crippen molar-refractivity contribution < 1.29 is 9.53 Å². The number of aldehydes is 1. The maximum absolute atomic E-state index is 10.8. The third-order valence-corrected chi connectivity index (χ3v) is 2.76. The summed E-state index contributed by atoms with van der Waals surface area (Å²) in [5, 5.41) is 8.01. The molecule has 5 heteroatoms. The first-order valence-electron chi connectivity index (χ1n) is 6.35. The van der Waals surface area contributed by atoms with E-state index in [4.69, 9.17) is 4.74 Å². The Morgan fingerprint density at radius 1 is 1.30 bits per heavy atom. The molecule has 20 heavy (non-hydrogen) atoms. The van der Waals surface area contributed by atoms with E-state index >= 15 is 0 Å². The molecule has 2 rings (SSSR count). The first kappa shape index (κ1) is 14.1. The van der Waals surface area contributed by atoms with Gasteiger partial charge in [0.25, 0.3) is 0 Å². The lowest BCUT2D eigenvalue weighted by atomic mass is 10.1. The lowest BCUT2D eigenvalue weighted by Gasteiger charge is -2.11. The fourth-order valence-electron chi connectivity index (χ4n) is 1.69. The Hall–Kier alpha value is -2.27. The standard InChI is InChI=1S/C15H17N3O2/c1-18(2)6-7-20-14-9-15(17-16-10-14)13-5-3-4-12(8-13)11-19/h3-5,8-11H,6-7H2,1-2H3. The molecule has 0 unspecified atom stereocenters. The van der Waals surface area contributed by atoms with Crippen molar-refractivity contribution >= 4 is 6.29 Å². The molecule has 0 radical (unpaired) electrons. The van der Waals surface area contributed by atoms with Crippen LogP contribution in [-0.4, -0.2) is 48.6 Å². The van der Waals surface area contributed by atoms with Crippen LogP contribution < -0.4 is 4.74 Å². The predicted molar refractivity (Wildman–Crippen MR) is 76.9 cm³/mol. The highest BCUT2D eigenvalue weighted by Crippen LogP contribution is 2.21. The lowest BCUT2D eigenvalue weighted by molar-refractivity contribution is 0.112. The first-order valence-corrected chi connectivity index (χ1v) is 6.35. The van der Waals surface area contributed by atoms with Gasteiger partial charge in [0.05, 0.1) is 11.9 Å². The Bertz CT molecular complexity index is 585. The van der Waals surface area contributed by atoms with Crippen molar-refractivity contribution in [1.82, 2.24) is 15.1 Å². The van der Waals surface area contributed by atoms with Gasteiger partial charge in [0, 0.05) is 23.7 Å². The molecule has 5 nitrogen and oxygen atoms in total. The average Bonchev–Trinajstić information content (AvgIpc) is 2.47. The van der Waals surface area contributed by atoms with Gasteiger partial charge in [0.15, 0.2) is 0 Å². The Morgan fingerprint density at radius 2 is 2.15 bits per heavy atom. The zero-order valence-electron chi connectivity index (χ0n) is 11.6. The molecule has 0 saturated carbocycles. The minimum Gasteiger partial charge on any atom is -0.490 e. The number of nitrogens with zero attached hydrogens (tertiary/aromatic N) is 3. The minimum absolute atomic E-state index is 0.590. The second-order valence-electron chi connectivity index (χ2n) is 4.67. The highest BCUT2D eigenvalue weighted by molar-refractivity contribution is 5.78. The molecule has 2 aromatic rings. The van der Waals surface area contributed by atoms with E-state index in [0.717, 1.165) is 18.4 Å². The SMILES string of the molecule is CN(C)CCOc1cnnc(-c2cccc(C=O)c2)c1. The Balaban J connectivity index is 2.14. The van der Waals surface area contributed by atoms with Gasteiger partial charge in [-0.25, -0.2) is 0 Å². The number of hydrogen-bond donors (Lipinski definition) is 0. The highest BCUT2D eigenvalue weighted by atomic mass is 16.5. The van der Waals surface area contributed by atoms with E-state index in [2.05, 4.69) is 10.2 Å². The van der Waals surface area contributed by atoms with Gasteiger partial charge in [-0.3, -0.25) is 4.79 Å². The molecule has 0 spiro atoms. The predicted octanol–water partition coefficient (Wildman–Crippen LogP) is 1.90. The van der Waals surface area contributed by atoms with Gasteiger partial charge in [0.1, 0.15) is 18.6 Å². The maximum atomic E-state index is 10.8. The van der Waals surface area contributed by atoms with E-state index in [-0.39, 0.29) is 0 Å². The van der Waals surface area contributed by atoms with Crippen LogP contribution in [0.2, 0.25) is 0 Å². The topological polar surface area (TPSA) is 55.3 Å². The van der Waals surface area contributed by atoms with Crippen molar-refractivity contribution in [2.75, 3.05) is 27.2 Å². The number of hydrogen-bond acceptors (Lipinski definition) is 5. The summed E-state index contributed by atoms with van der Waals surface area (Å²) in [7, 11) is 3.98. The average molecular weight is 271 g/mol. The number of ether oxygens (including phenoxy) is 1. The number of aromatic nitrogens is 2. The molecule has 0 amide bonds. The van der Waals surface area contributed by atoms with Crippen molar-refractivity contribution in [3.05, 3.63) is 42.1 Å². The van der Waals surface area contributed by atoms with Gasteiger partial charge in [-0.1, -0.05) is 18.2 Å². The fourth-order valence-corrected chi connectivity index (χ4v) is 1.69. The molecule has 0 N–H and O–H groups in total. The normalized spacial score (nSPS) is 10.6. The van der Waals surface area contributed by atoms with Crippen molar-refractivity contribution in [2.45, 2.75) is 0 Å². The Labute approximate surface area is 118 Å². The molecule has 0 saturated heterocycles. The van der Waals surface area contributed by atoms with E-state index in [0.29, 0.717) is 23.6 Å². The number of likely N-dealkylation sites (N-methyl/N-ethyl adjacent to an activating group) is 1. The van der Waals surface area contributed by atoms with E-state index < -0.39 is 0 Å². The quantitative estimate of drug-likeness (QED) is 0.751. The number of rotatable bonds is 6. The molecule has 0 atom stereocenters. The Kier molecular flexibility index (Phi) is 4.79. The summed E-state index contributed by atoms with van der Waals surface area (Å²) in [6.45, 7) is 1.42. The number of carbonyl (C=O) groups excluding carboxylic acids is 1. The monoisotopic (exact) mass is 271 g/mol. The van der Waals surface area contributed by atoms with E-state index in [9.17, 15) is 4.79 Å². The largest absolute Gasteiger partial charge is 0.490 e. The molecule has 1 heterocycles. The molecular weight excluding hydrogens is 254 g/mol. The molecule has 0 aliphatic rings. The van der Waals surface area contributed by atoms with Gasteiger partial charge in [0.2, 0.25) is 0 Å². The van der Waals surface area contributed by atoms with Crippen molar-refractivity contribution in [3.63, 3.8) is 0 Å². The molecule has 1 aromatic heterocycles. The summed E-state index contributed by atoms with van der Waals surface area (Å²) in [5.74, 6) is 0.674.